The number of phenolic OH excluding ortho intramolecular Hbond substituents is 1. The summed E-state index contributed by atoms with van der Waals surface area (Å²) in [6.07, 6.45) is 8.17. The molecule has 5 nitrogen and oxygen atoms in total. The number of unbranched alkanes of at least 4 members (excludes halogenated alkanes) is 3. The molecule has 0 bridgehead atoms. The van der Waals surface area contributed by atoms with E-state index in [4.69, 9.17) is 9.47 Å². The Morgan fingerprint density at radius 3 is 2.76 bits per heavy atom. The quantitative estimate of drug-likeness (QED) is 0.619. The minimum atomic E-state index is -0.152. The van der Waals surface area contributed by atoms with Crippen LogP contribution in [0.25, 0.3) is 5.70 Å². The molecule has 0 radical (unpaired) electrons. The second kappa shape index (κ2) is 8.37. The average Bonchev–Trinajstić information content (AvgIpc) is 3.19. The lowest BCUT2D eigenvalue weighted by Crippen LogP contribution is -3.01. The molecule has 154 valence electrons. The highest BCUT2D eigenvalue weighted by Crippen LogP contribution is 2.36. The van der Waals surface area contributed by atoms with Crippen LogP contribution in [0, 0.1) is 0 Å². The largest absolute Gasteiger partial charge is 0.507 e. The summed E-state index contributed by atoms with van der Waals surface area (Å²) in [7, 11) is 0. The molecule has 2 heterocycles. The summed E-state index contributed by atoms with van der Waals surface area (Å²) in [6, 6.07) is 13.7. The van der Waals surface area contributed by atoms with Crippen LogP contribution in [0.15, 0.2) is 48.5 Å². The van der Waals surface area contributed by atoms with Crippen molar-refractivity contribution in [2.75, 3.05) is 6.79 Å². The molecule has 0 spiro atoms. The van der Waals surface area contributed by atoms with Crippen LogP contribution in [0.1, 0.15) is 63.1 Å². The molecule has 2 unspecified atom stereocenters. The first-order chi connectivity index (χ1) is 14.1. The number of benzene rings is 2. The summed E-state index contributed by atoms with van der Waals surface area (Å²) in [4.78, 5) is 0. The summed E-state index contributed by atoms with van der Waals surface area (Å²) in [5, 5.41) is 16.6. The van der Waals surface area contributed by atoms with E-state index in [1.54, 1.807) is 6.07 Å². The number of hydrogen-bond acceptors (Lipinski definition) is 4. The molecule has 29 heavy (non-hydrogen) atoms. The first-order valence-electron chi connectivity index (χ1n) is 10.6. The van der Waals surface area contributed by atoms with Crippen LogP contribution in [0.4, 0.5) is 0 Å². The van der Waals surface area contributed by atoms with Gasteiger partial charge in [0, 0.05) is 30.7 Å². The maximum absolute atomic E-state index is 10.5. The van der Waals surface area contributed by atoms with Crippen molar-refractivity contribution in [3.05, 3.63) is 59.7 Å². The van der Waals surface area contributed by atoms with Crippen LogP contribution >= 0.6 is 0 Å². The van der Waals surface area contributed by atoms with Gasteiger partial charge in [0.25, 0.3) is 0 Å². The smallest absolute Gasteiger partial charge is 0.231 e. The average molecular weight is 396 g/mol. The molecule has 5 heteroatoms. The Balaban J connectivity index is 1.65. The zero-order valence-corrected chi connectivity index (χ0v) is 17.3. The van der Waals surface area contributed by atoms with E-state index in [0.717, 1.165) is 34.7 Å². The highest BCUT2D eigenvalue weighted by Gasteiger charge is 2.37. The zero-order valence-electron chi connectivity index (χ0n) is 17.3. The fraction of sp³-hybridized carbons (Fsp3) is 0.417. The fourth-order valence-corrected chi connectivity index (χ4v) is 4.26. The van der Waals surface area contributed by atoms with Gasteiger partial charge in [0.05, 0.1) is 5.56 Å². The van der Waals surface area contributed by atoms with Gasteiger partial charge in [-0.15, -0.1) is 0 Å². The van der Waals surface area contributed by atoms with Gasteiger partial charge in [-0.3, -0.25) is 0 Å². The van der Waals surface area contributed by atoms with E-state index < -0.39 is 0 Å². The van der Waals surface area contributed by atoms with Crippen molar-refractivity contribution < 1.29 is 19.9 Å². The predicted molar refractivity (Wildman–Crippen MR) is 114 cm³/mol. The Labute approximate surface area is 172 Å². The Kier molecular flexibility index (Phi) is 5.67. The summed E-state index contributed by atoms with van der Waals surface area (Å²) >= 11 is 0. The van der Waals surface area contributed by atoms with E-state index >= 15 is 0 Å². The number of nitrogens with one attached hydrogen (secondary N) is 1. The van der Waals surface area contributed by atoms with E-state index in [1.807, 2.05) is 30.3 Å². The maximum atomic E-state index is 10.5. The van der Waals surface area contributed by atoms with E-state index in [1.165, 1.54) is 25.7 Å². The van der Waals surface area contributed by atoms with E-state index in [2.05, 4.69) is 36.6 Å². The number of phenols is 1. The third kappa shape index (κ3) is 4.35. The molecule has 0 aliphatic carbocycles. The number of aromatic hydroxyl groups is 1. The van der Waals surface area contributed by atoms with Crippen molar-refractivity contribution in [2.45, 2.75) is 57.7 Å². The van der Waals surface area contributed by atoms with Crippen molar-refractivity contribution in [1.29, 1.82) is 0 Å². The van der Waals surface area contributed by atoms with Gasteiger partial charge in [-0.05, 0) is 36.8 Å². The maximum Gasteiger partial charge on any atom is 0.231 e. The molecule has 0 aromatic heterocycles. The third-order valence-corrected chi connectivity index (χ3v) is 5.84. The molecular formula is C24H31N2O3+. The lowest BCUT2D eigenvalue weighted by atomic mass is 9.93. The van der Waals surface area contributed by atoms with Gasteiger partial charge in [-0.1, -0.05) is 38.3 Å². The first-order valence-corrected chi connectivity index (χ1v) is 10.6. The lowest BCUT2D eigenvalue weighted by Gasteiger charge is -2.38. The number of hydrogen-bond donors (Lipinski definition) is 3. The normalized spacial score (nSPS) is 22.8. The second-order valence-corrected chi connectivity index (χ2v) is 8.25. The molecule has 2 aliphatic rings. The van der Waals surface area contributed by atoms with Crippen LogP contribution in [-0.2, 0) is 0 Å². The molecule has 2 aromatic carbocycles. The molecule has 0 fully saturated rings. The van der Waals surface area contributed by atoms with Crippen molar-refractivity contribution in [3.63, 3.8) is 0 Å². The fourth-order valence-electron chi connectivity index (χ4n) is 4.26. The number of rotatable bonds is 7. The van der Waals surface area contributed by atoms with E-state index in [0.29, 0.717) is 5.75 Å². The summed E-state index contributed by atoms with van der Waals surface area (Å²) < 4.78 is 11.0. The minimum absolute atomic E-state index is 0.0362. The van der Waals surface area contributed by atoms with Gasteiger partial charge < -0.3 is 25.2 Å². The number of nitrogens with two attached hydrogens (primary N) is 1. The van der Waals surface area contributed by atoms with Gasteiger partial charge in [-0.25, -0.2) is 0 Å². The molecule has 0 amide bonds. The van der Waals surface area contributed by atoms with Crippen molar-refractivity contribution in [1.82, 2.24) is 5.32 Å². The molecular weight excluding hydrogens is 364 g/mol. The van der Waals surface area contributed by atoms with Crippen molar-refractivity contribution in [3.8, 4) is 17.2 Å². The van der Waals surface area contributed by atoms with Gasteiger partial charge in [0.2, 0.25) is 6.79 Å². The predicted octanol–water partition coefficient (Wildman–Crippen LogP) is 4.06. The Morgan fingerprint density at radius 1 is 1.10 bits per heavy atom. The van der Waals surface area contributed by atoms with Crippen LogP contribution in [-0.4, -0.2) is 17.6 Å². The third-order valence-electron chi connectivity index (χ3n) is 5.84. The first kappa shape index (κ1) is 19.6. The zero-order chi connectivity index (χ0) is 20.3. The Morgan fingerprint density at radius 2 is 1.93 bits per heavy atom. The summed E-state index contributed by atoms with van der Waals surface area (Å²) in [5.41, 5.74) is 2.92. The molecule has 0 saturated heterocycles. The van der Waals surface area contributed by atoms with Crippen molar-refractivity contribution in [2.24, 2.45) is 0 Å². The van der Waals surface area contributed by atoms with Crippen LogP contribution in [0.5, 0.6) is 17.2 Å². The van der Waals surface area contributed by atoms with Gasteiger partial charge >= 0.3 is 0 Å². The monoisotopic (exact) mass is 395 g/mol. The van der Waals surface area contributed by atoms with Gasteiger partial charge in [0.1, 0.15) is 11.8 Å². The highest BCUT2D eigenvalue weighted by molar-refractivity contribution is 5.68. The number of quaternary nitrogens is 1. The molecule has 4 rings (SSSR count). The van der Waals surface area contributed by atoms with E-state index in [9.17, 15) is 5.11 Å². The molecule has 4 N–H and O–H groups in total. The second-order valence-electron chi connectivity index (χ2n) is 8.25. The van der Waals surface area contributed by atoms with Crippen LogP contribution < -0.4 is 20.1 Å². The standard InChI is InChI=1S/C24H30N2O3/c1-3-4-5-8-13-24(2)25-19(17-11-12-22-23(14-17)29-16-28-22)15-20(26-24)18-9-6-7-10-21(18)27/h6-7,9-12,14-15,20,25-27H,3-5,8,13,16H2,1-2H3/p+1. The topological polar surface area (TPSA) is 67.3 Å². The van der Waals surface area contributed by atoms with Gasteiger partial charge in [-0.2, -0.15) is 0 Å². The Hall–Kier alpha value is -2.66. The molecule has 0 saturated carbocycles. The van der Waals surface area contributed by atoms with Crippen LogP contribution in [0.3, 0.4) is 0 Å². The summed E-state index contributed by atoms with van der Waals surface area (Å²) in [5.74, 6) is 1.91. The molecule has 2 aromatic rings. The Bertz CT molecular complexity index is 895. The van der Waals surface area contributed by atoms with Crippen LogP contribution in [0.2, 0.25) is 0 Å². The SMILES string of the molecule is CCCCCCC1(C)NC(c2ccc3c(c2)OCO3)=CC(c2ccccc2O)[NH2+]1. The number of ether oxygens (including phenoxy) is 2. The summed E-state index contributed by atoms with van der Waals surface area (Å²) in [6.45, 7) is 4.77. The minimum Gasteiger partial charge on any atom is -0.507 e. The molecule has 2 aliphatic heterocycles. The van der Waals surface area contributed by atoms with E-state index in [-0.39, 0.29) is 18.5 Å². The van der Waals surface area contributed by atoms with Gasteiger partial charge in [0.15, 0.2) is 17.2 Å². The lowest BCUT2D eigenvalue weighted by molar-refractivity contribution is -0.758. The number of fused-ring (bicyclic) bond motifs is 1. The molecule has 2 atom stereocenters. The number of para-hydroxylation sites is 1. The van der Waals surface area contributed by atoms with Crippen molar-refractivity contribution >= 4 is 5.70 Å². The highest BCUT2D eigenvalue weighted by atomic mass is 16.7.